The van der Waals surface area contributed by atoms with Crippen LogP contribution < -0.4 is 0 Å². The fraction of sp³-hybridized carbons (Fsp3) is 0.278. The molecule has 1 amide bonds. The number of halogens is 6. The number of alkyl halides is 6. The van der Waals surface area contributed by atoms with Gasteiger partial charge < -0.3 is 0 Å². The Kier molecular flexibility index (Phi) is 4.72. The Labute approximate surface area is 161 Å². The van der Waals surface area contributed by atoms with Crippen molar-refractivity contribution >= 4 is 15.9 Å². The molecule has 3 rings (SSSR count). The molecule has 2 aromatic rings. The zero-order chi connectivity index (χ0) is 21.8. The molecule has 0 aromatic heterocycles. The number of hydrogen-bond acceptors (Lipinski definition) is 3. The summed E-state index contributed by atoms with van der Waals surface area (Å²) in [5, 5.41) is 0. The molecule has 1 saturated heterocycles. The van der Waals surface area contributed by atoms with Crippen molar-refractivity contribution in [3.05, 3.63) is 71.3 Å². The molecule has 1 heterocycles. The lowest BCUT2D eigenvalue weighted by molar-refractivity contribution is -0.152. The van der Waals surface area contributed by atoms with Crippen LogP contribution in [0.5, 0.6) is 0 Å². The largest absolute Gasteiger partial charge is 0.516 e. The monoisotopic (exact) mass is 437 g/mol. The molecule has 156 valence electrons. The summed E-state index contributed by atoms with van der Waals surface area (Å²) in [7, 11) is -6.04. The molecule has 0 bridgehead atoms. The van der Waals surface area contributed by atoms with E-state index in [0.29, 0.717) is 12.1 Å². The summed E-state index contributed by atoms with van der Waals surface area (Å²) >= 11 is 0. The predicted molar refractivity (Wildman–Crippen MR) is 89.8 cm³/mol. The van der Waals surface area contributed by atoms with Gasteiger partial charge in [-0.15, -0.1) is 0 Å². The van der Waals surface area contributed by atoms with Crippen molar-refractivity contribution in [2.75, 3.05) is 0 Å². The third kappa shape index (κ3) is 3.17. The smallest absolute Gasteiger partial charge is 0.273 e. The van der Waals surface area contributed by atoms with Crippen LogP contribution in [0.3, 0.4) is 0 Å². The summed E-state index contributed by atoms with van der Waals surface area (Å²) in [6.07, 6.45) is -4.69. The summed E-state index contributed by atoms with van der Waals surface area (Å²) in [6, 6.07) is 8.83. The fourth-order valence-corrected chi connectivity index (χ4v) is 4.62. The molecule has 1 aliphatic heterocycles. The molecule has 2 aromatic carbocycles. The minimum absolute atomic E-state index is 0.170. The van der Waals surface area contributed by atoms with E-state index >= 15 is 0 Å². The highest BCUT2D eigenvalue weighted by Crippen LogP contribution is 2.55. The first kappa shape index (κ1) is 21.2. The van der Waals surface area contributed by atoms with Crippen LogP contribution in [0.15, 0.2) is 54.6 Å². The lowest BCUT2D eigenvalue weighted by atomic mass is 9.66. The molecule has 0 radical (unpaired) electrons. The van der Waals surface area contributed by atoms with Gasteiger partial charge in [-0.3, -0.25) is 4.79 Å². The van der Waals surface area contributed by atoms with Crippen molar-refractivity contribution in [2.45, 2.75) is 30.1 Å². The van der Waals surface area contributed by atoms with E-state index in [0.717, 1.165) is 12.1 Å². The van der Waals surface area contributed by atoms with Gasteiger partial charge in [0.1, 0.15) is 0 Å². The van der Waals surface area contributed by atoms with Crippen molar-refractivity contribution in [1.82, 2.24) is 4.31 Å². The van der Waals surface area contributed by atoms with Crippen molar-refractivity contribution in [2.24, 2.45) is 0 Å². The quantitative estimate of drug-likeness (QED) is 0.529. The van der Waals surface area contributed by atoms with Gasteiger partial charge in [-0.1, -0.05) is 42.5 Å². The number of hydrogen-bond donors (Lipinski definition) is 0. The van der Waals surface area contributed by atoms with Gasteiger partial charge in [0.05, 0.1) is 17.0 Å². The second-order valence-electron chi connectivity index (χ2n) is 6.64. The van der Waals surface area contributed by atoms with Gasteiger partial charge in [0.2, 0.25) is 5.91 Å². The van der Waals surface area contributed by atoms with Crippen molar-refractivity contribution in [3.63, 3.8) is 0 Å². The van der Waals surface area contributed by atoms with Crippen LogP contribution in [0.1, 0.15) is 29.7 Å². The van der Waals surface area contributed by atoms with Crippen LogP contribution in [-0.2, 0) is 26.4 Å². The molecule has 1 fully saturated rings. The van der Waals surface area contributed by atoms with E-state index in [9.17, 15) is 39.6 Å². The maximum absolute atomic E-state index is 13.1. The van der Waals surface area contributed by atoms with Gasteiger partial charge >= 0.3 is 21.7 Å². The van der Waals surface area contributed by atoms with Gasteiger partial charge in [0.15, 0.2) is 0 Å². The number of benzene rings is 2. The second-order valence-corrected chi connectivity index (χ2v) is 8.45. The summed E-state index contributed by atoms with van der Waals surface area (Å²) in [5.41, 5.74) is -8.44. The molecule has 4 nitrogen and oxygen atoms in total. The zero-order valence-corrected chi connectivity index (χ0v) is 15.4. The molecular formula is C18H13F6NO3S. The first-order valence-corrected chi connectivity index (χ1v) is 9.54. The Bertz CT molecular complexity index is 1030. The van der Waals surface area contributed by atoms with E-state index in [1.807, 2.05) is 0 Å². The Morgan fingerprint density at radius 1 is 0.897 bits per heavy atom. The number of β-lactam (4-membered cyclic amide) rings is 1. The summed E-state index contributed by atoms with van der Waals surface area (Å²) in [4.78, 5) is 12.7. The van der Waals surface area contributed by atoms with Crippen LogP contribution in [0.4, 0.5) is 26.3 Å². The van der Waals surface area contributed by atoms with Crippen LogP contribution in [0.2, 0.25) is 0 Å². The van der Waals surface area contributed by atoms with E-state index < -0.39 is 44.6 Å². The number of nitrogens with zero attached hydrogens (tertiary/aromatic N) is 1. The fourth-order valence-electron chi connectivity index (χ4n) is 3.38. The van der Waals surface area contributed by atoms with E-state index in [2.05, 4.69) is 0 Å². The molecule has 11 heteroatoms. The van der Waals surface area contributed by atoms with Crippen molar-refractivity contribution < 1.29 is 39.6 Å². The molecular weight excluding hydrogens is 424 g/mol. The SMILES string of the molecule is C[C@]1(c2ccccc2)C(=O)N(S(=O)(=O)C(F)(F)F)[C@@H]1c1ccc(C(F)(F)F)cc1. The standard InChI is InChI=1S/C18H13F6NO3S/c1-16(12-5-3-2-4-6-12)14(11-7-9-13(10-8-11)17(19,20)21)25(15(16)26)29(27,28)18(22,23)24/h2-10,14H,1H3/t14-,16-/m1/s1. The summed E-state index contributed by atoms with van der Waals surface area (Å²) < 4.78 is 101. The Morgan fingerprint density at radius 3 is 1.86 bits per heavy atom. The third-order valence-electron chi connectivity index (χ3n) is 4.90. The number of carbonyl (C=O) groups excluding carboxylic acids is 1. The van der Waals surface area contributed by atoms with Crippen LogP contribution in [0, 0.1) is 0 Å². The highest BCUT2D eigenvalue weighted by Gasteiger charge is 2.68. The molecule has 0 N–H and O–H groups in total. The zero-order valence-electron chi connectivity index (χ0n) is 14.6. The summed E-state index contributed by atoms with van der Waals surface area (Å²) in [6.45, 7) is 1.26. The number of rotatable bonds is 3. The van der Waals surface area contributed by atoms with Crippen LogP contribution >= 0.6 is 0 Å². The lowest BCUT2D eigenvalue weighted by Gasteiger charge is -2.53. The second kappa shape index (κ2) is 6.48. The Hall–Kier alpha value is -2.56. The first-order chi connectivity index (χ1) is 13.2. The third-order valence-corrected chi connectivity index (χ3v) is 6.38. The lowest BCUT2D eigenvalue weighted by Crippen LogP contribution is -2.68. The van der Waals surface area contributed by atoms with Gasteiger partial charge in [-0.05, 0) is 30.2 Å². The number of sulfonamides is 1. The van der Waals surface area contributed by atoms with Crippen molar-refractivity contribution in [1.29, 1.82) is 0 Å². The van der Waals surface area contributed by atoms with Crippen molar-refractivity contribution in [3.8, 4) is 0 Å². The highest BCUT2D eigenvalue weighted by atomic mass is 32.2. The number of carbonyl (C=O) groups is 1. The van der Waals surface area contributed by atoms with E-state index in [1.165, 1.54) is 31.2 Å². The van der Waals surface area contributed by atoms with Gasteiger partial charge in [0.25, 0.3) is 0 Å². The van der Waals surface area contributed by atoms with Gasteiger partial charge in [0, 0.05) is 0 Å². The Morgan fingerprint density at radius 2 is 1.41 bits per heavy atom. The van der Waals surface area contributed by atoms with E-state index in [4.69, 9.17) is 0 Å². The molecule has 0 spiro atoms. The summed E-state index contributed by atoms with van der Waals surface area (Å²) in [5.74, 6) is -1.31. The normalized spacial score (nSPS) is 23.1. The van der Waals surface area contributed by atoms with E-state index in [-0.39, 0.29) is 15.4 Å². The average molecular weight is 437 g/mol. The van der Waals surface area contributed by atoms with E-state index in [1.54, 1.807) is 6.07 Å². The predicted octanol–water partition coefficient (Wildman–Crippen LogP) is 4.40. The minimum atomic E-state index is -6.04. The molecule has 1 aliphatic rings. The van der Waals surface area contributed by atoms with Crippen LogP contribution in [-0.4, -0.2) is 24.1 Å². The maximum Gasteiger partial charge on any atom is 0.516 e. The first-order valence-electron chi connectivity index (χ1n) is 8.10. The highest BCUT2D eigenvalue weighted by molar-refractivity contribution is 7.90. The molecule has 2 atom stereocenters. The van der Waals surface area contributed by atoms with Gasteiger partial charge in [-0.2, -0.15) is 34.8 Å². The minimum Gasteiger partial charge on any atom is -0.273 e. The molecule has 29 heavy (non-hydrogen) atoms. The average Bonchev–Trinajstić information content (AvgIpc) is 2.64. The topological polar surface area (TPSA) is 54.5 Å². The van der Waals surface area contributed by atoms with Crippen LogP contribution in [0.25, 0.3) is 0 Å². The Balaban J connectivity index is 2.17. The molecule has 0 saturated carbocycles. The molecule has 0 aliphatic carbocycles. The maximum atomic E-state index is 13.1. The molecule has 0 unspecified atom stereocenters. The van der Waals surface area contributed by atoms with Gasteiger partial charge in [-0.25, -0.2) is 4.31 Å². The number of amides is 1.